The molecular formula is C21H23NO3S2. The Hall–Kier alpha value is -1.79. The zero-order chi connectivity index (χ0) is 19.0. The number of sulfonamides is 1. The lowest BCUT2D eigenvalue weighted by atomic mass is 10.1. The van der Waals surface area contributed by atoms with Crippen LogP contribution in [0.3, 0.4) is 0 Å². The molecule has 0 spiro atoms. The Kier molecular flexibility index (Phi) is 5.03. The van der Waals surface area contributed by atoms with Gasteiger partial charge < -0.3 is 0 Å². The average Bonchev–Trinajstić information content (AvgIpc) is 2.93. The highest BCUT2D eigenvalue weighted by molar-refractivity contribution is 8.00. The fourth-order valence-electron chi connectivity index (χ4n) is 3.95. The van der Waals surface area contributed by atoms with E-state index in [-0.39, 0.29) is 16.2 Å². The molecule has 1 fully saturated rings. The van der Waals surface area contributed by atoms with Crippen LogP contribution >= 0.6 is 11.8 Å². The summed E-state index contributed by atoms with van der Waals surface area (Å²) in [7, 11) is -3.91. The van der Waals surface area contributed by atoms with E-state index in [1.54, 1.807) is 48.2 Å². The van der Waals surface area contributed by atoms with Crippen LogP contribution in [0.15, 0.2) is 58.3 Å². The van der Waals surface area contributed by atoms with E-state index in [0.29, 0.717) is 5.56 Å². The summed E-state index contributed by atoms with van der Waals surface area (Å²) in [6, 6.07) is 13.9. The first-order valence-corrected chi connectivity index (χ1v) is 11.7. The van der Waals surface area contributed by atoms with Gasteiger partial charge in [-0.05, 0) is 44.0 Å². The maximum atomic E-state index is 13.5. The largest absolute Gasteiger partial charge is 0.269 e. The Morgan fingerprint density at radius 2 is 1.67 bits per heavy atom. The first-order valence-electron chi connectivity index (χ1n) is 9.39. The van der Waals surface area contributed by atoms with Crippen molar-refractivity contribution in [2.45, 2.75) is 60.1 Å². The van der Waals surface area contributed by atoms with Gasteiger partial charge in [0, 0.05) is 10.1 Å². The van der Waals surface area contributed by atoms with E-state index >= 15 is 0 Å². The monoisotopic (exact) mass is 401 g/mol. The predicted molar refractivity (Wildman–Crippen MR) is 107 cm³/mol. The Labute approximate surface area is 165 Å². The minimum Gasteiger partial charge on any atom is -0.268 e. The van der Waals surface area contributed by atoms with Crippen LogP contribution < -0.4 is 0 Å². The van der Waals surface area contributed by atoms with Gasteiger partial charge in [-0.1, -0.05) is 49.1 Å². The van der Waals surface area contributed by atoms with E-state index in [1.165, 1.54) is 4.31 Å². The summed E-state index contributed by atoms with van der Waals surface area (Å²) in [4.78, 5) is 14.5. The number of carbonyl (C=O) groups is 1. The highest BCUT2D eigenvalue weighted by atomic mass is 32.2. The molecule has 1 aliphatic heterocycles. The van der Waals surface area contributed by atoms with Crippen LogP contribution in [0.4, 0.5) is 0 Å². The van der Waals surface area contributed by atoms with Gasteiger partial charge in [0.1, 0.15) is 0 Å². The van der Waals surface area contributed by atoms with Crippen molar-refractivity contribution in [3.05, 3.63) is 59.7 Å². The molecule has 2 aromatic rings. The molecule has 2 atom stereocenters. The van der Waals surface area contributed by atoms with Crippen molar-refractivity contribution in [2.24, 2.45) is 0 Å². The molecule has 0 unspecified atom stereocenters. The summed E-state index contributed by atoms with van der Waals surface area (Å²) >= 11 is 1.67. The predicted octanol–water partition coefficient (Wildman–Crippen LogP) is 4.63. The second-order valence-corrected chi connectivity index (χ2v) is 10.4. The molecule has 4 rings (SSSR count). The quantitative estimate of drug-likeness (QED) is 0.736. The van der Waals surface area contributed by atoms with E-state index in [4.69, 9.17) is 0 Å². The molecule has 6 heteroatoms. The first-order chi connectivity index (χ1) is 13.0. The number of hydrogen-bond donors (Lipinski definition) is 0. The molecular weight excluding hydrogens is 378 g/mol. The minimum absolute atomic E-state index is 0.0975. The standard InChI is InChI=1S/C21H23NO3S2/c1-15-11-13-16(14-12-15)27(24,25)22-18-8-3-2-4-10-20(18)26-19-9-6-5-7-17(19)21(22)23/h5-7,9,11-14,18,20H,2-4,8,10H2,1H3/t18-,20-/m1/s1. The zero-order valence-corrected chi connectivity index (χ0v) is 16.9. The van der Waals surface area contributed by atoms with Crippen LogP contribution in [0, 0.1) is 6.92 Å². The lowest BCUT2D eigenvalue weighted by molar-refractivity contribution is 0.0814. The van der Waals surface area contributed by atoms with Gasteiger partial charge in [-0.2, -0.15) is 0 Å². The van der Waals surface area contributed by atoms with Crippen LogP contribution in [0.1, 0.15) is 48.0 Å². The lowest BCUT2D eigenvalue weighted by Gasteiger charge is -2.32. The molecule has 1 heterocycles. The number of carbonyl (C=O) groups excluding carboxylic acids is 1. The summed E-state index contributed by atoms with van der Waals surface area (Å²) < 4.78 is 28.3. The smallest absolute Gasteiger partial charge is 0.268 e. The molecule has 0 radical (unpaired) electrons. The third kappa shape index (κ3) is 3.41. The lowest BCUT2D eigenvalue weighted by Crippen LogP contribution is -2.47. The van der Waals surface area contributed by atoms with Crippen molar-refractivity contribution in [3.8, 4) is 0 Å². The van der Waals surface area contributed by atoms with Crippen LogP contribution in [0.5, 0.6) is 0 Å². The van der Waals surface area contributed by atoms with Gasteiger partial charge in [-0.3, -0.25) is 4.79 Å². The van der Waals surface area contributed by atoms with Crippen molar-refractivity contribution >= 4 is 27.7 Å². The maximum Gasteiger partial charge on any atom is 0.269 e. The molecule has 2 aromatic carbocycles. The fraction of sp³-hybridized carbons (Fsp3) is 0.381. The number of hydrogen-bond acceptors (Lipinski definition) is 4. The van der Waals surface area contributed by atoms with Gasteiger partial charge >= 0.3 is 0 Å². The Morgan fingerprint density at radius 3 is 2.44 bits per heavy atom. The normalized spacial score (nSPS) is 23.1. The fourth-order valence-corrected chi connectivity index (χ4v) is 7.12. The molecule has 1 amide bonds. The second-order valence-electron chi connectivity index (χ2n) is 7.28. The number of rotatable bonds is 2. The van der Waals surface area contributed by atoms with Crippen molar-refractivity contribution in [3.63, 3.8) is 0 Å². The van der Waals surface area contributed by atoms with Crippen molar-refractivity contribution in [1.82, 2.24) is 4.31 Å². The Morgan fingerprint density at radius 1 is 0.963 bits per heavy atom. The Balaban J connectivity index is 1.86. The van der Waals surface area contributed by atoms with E-state index in [1.807, 2.05) is 19.1 Å². The molecule has 1 aliphatic carbocycles. The van der Waals surface area contributed by atoms with E-state index in [2.05, 4.69) is 0 Å². The molecule has 142 valence electrons. The van der Waals surface area contributed by atoms with E-state index in [9.17, 15) is 13.2 Å². The van der Waals surface area contributed by atoms with Crippen molar-refractivity contribution in [1.29, 1.82) is 0 Å². The summed E-state index contributed by atoms with van der Waals surface area (Å²) in [6.45, 7) is 1.92. The van der Waals surface area contributed by atoms with Gasteiger partial charge in [0.05, 0.1) is 16.5 Å². The van der Waals surface area contributed by atoms with Crippen LogP contribution in [-0.4, -0.2) is 29.9 Å². The van der Waals surface area contributed by atoms with Crippen molar-refractivity contribution < 1.29 is 13.2 Å². The van der Waals surface area contributed by atoms with Gasteiger partial charge in [0.15, 0.2) is 0 Å². The summed E-state index contributed by atoms with van der Waals surface area (Å²) in [5.41, 5.74) is 1.48. The third-order valence-electron chi connectivity index (χ3n) is 5.39. The molecule has 0 saturated heterocycles. The Bertz CT molecular complexity index is 954. The molecule has 0 bridgehead atoms. The number of amides is 1. The number of aryl methyl sites for hydroxylation is 1. The third-order valence-corrected chi connectivity index (χ3v) is 8.68. The highest BCUT2D eigenvalue weighted by Crippen LogP contribution is 2.42. The summed E-state index contributed by atoms with van der Waals surface area (Å²) in [5, 5.41) is 0.0975. The van der Waals surface area contributed by atoms with Gasteiger partial charge in [0.2, 0.25) is 0 Å². The maximum absolute atomic E-state index is 13.5. The van der Waals surface area contributed by atoms with Gasteiger partial charge in [-0.15, -0.1) is 11.8 Å². The van der Waals surface area contributed by atoms with E-state index in [0.717, 1.165) is 42.6 Å². The van der Waals surface area contributed by atoms with Crippen LogP contribution in [0.2, 0.25) is 0 Å². The van der Waals surface area contributed by atoms with Gasteiger partial charge in [-0.25, -0.2) is 12.7 Å². The summed E-state index contributed by atoms with van der Waals surface area (Å²) in [5.74, 6) is -0.395. The molecule has 4 nitrogen and oxygen atoms in total. The molecule has 1 saturated carbocycles. The molecule has 0 aromatic heterocycles. The van der Waals surface area contributed by atoms with Crippen LogP contribution in [-0.2, 0) is 10.0 Å². The number of benzene rings is 2. The van der Waals surface area contributed by atoms with Crippen molar-refractivity contribution in [2.75, 3.05) is 0 Å². The van der Waals surface area contributed by atoms with Gasteiger partial charge in [0.25, 0.3) is 15.9 Å². The number of fused-ring (bicyclic) bond motifs is 2. The number of nitrogens with zero attached hydrogens (tertiary/aromatic N) is 1. The zero-order valence-electron chi connectivity index (χ0n) is 15.3. The van der Waals surface area contributed by atoms with Crippen LogP contribution in [0.25, 0.3) is 0 Å². The number of thioether (sulfide) groups is 1. The SMILES string of the molecule is Cc1ccc(S(=O)(=O)N2C(=O)c3ccccc3S[C@@H]3CCCCC[C@H]32)cc1. The molecule has 27 heavy (non-hydrogen) atoms. The second kappa shape index (κ2) is 7.32. The highest BCUT2D eigenvalue weighted by Gasteiger charge is 2.43. The molecule has 0 N–H and O–H groups in total. The topological polar surface area (TPSA) is 54.5 Å². The van der Waals surface area contributed by atoms with E-state index < -0.39 is 15.9 Å². The molecule has 2 aliphatic rings. The summed E-state index contributed by atoms with van der Waals surface area (Å²) in [6.07, 6.45) is 4.76. The average molecular weight is 402 g/mol. The minimum atomic E-state index is -3.91. The first kappa shape index (κ1) is 18.6.